The number of rotatable bonds is 5. The van der Waals surface area contributed by atoms with Crippen LogP contribution in [0.3, 0.4) is 0 Å². The predicted octanol–water partition coefficient (Wildman–Crippen LogP) is 3.71. The first-order valence-corrected chi connectivity index (χ1v) is 9.17. The summed E-state index contributed by atoms with van der Waals surface area (Å²) in [6.07, 6.45) is 3.92. The van der Waals surface area contributed by atoms with Crippen LogP contribution in [0, 0.1) is 0 Å². The van der Waals surface area contributed by atoms with Gasteiger partial charge in [-0.15, -0.1) is 10.2 Å². The molecule has 0 amide bonds. The Balaban J connectivity index is 1.85. The van der Waals surface area contributed by atoms with E-state index in [0.717, 1.165) is 33.9 Å². The van der Waals surface area contributed by atoms with Gasteiger partial charge in [0.25, 0.3) is 0 Å². The van der Waals surface area contributed by atoms with Crippen molar-refractivity contribution in [3.8, 4) is 45.4 Å². The van der Waals surface area contributed by atoms with Crippen molar-refractivity contribution in [1.29, 1.82) is 0 Å². The Bertz CT molecular complexity index is 1110. The number of pyridine rings is 1. The van der Waals surface area contributed by atoms with E-state index in [4.69, 9.17) is 14.5 Å². The van der Waals surface area contributed by atoms with Crippen LogP contribution in [-0.4, -0.2) is 29.4 Å². The van der Waals surface area contributed by atoms with E-state index in [1.54, 1.807) is 14.2 Å². The van der Waals surface area contributed by atoms with Crippen molar-refractivity contribution in [1.82, 2.24) is 15.2 Å². The summed E-state index contributed by atoms with van der Waals surface area (Å²) in [5.74, 6) is 2.15. The minimum atomic E-state index is 0.577. The number of hydrogen-bond acceptors (Lipinski definition) is 5. The molecule has 0 spiro atoms. The molecule has 0 radical (unpaired) electrons. The van der Waals surface area contributed by atoms with Gasteiger partial charge < -0.3 is 9.47 Å². The molecule has 4 aromatic rings. The highest BCUT2D eigenvalue weighted by Gasteiger charge is 2.15. The number of aromatic nitrogens is 4. The van der Waals surface area contributed by atoms with Crippen molar-refractivity contribution in [2.75, 3.05) is 14.2 Å². The normalized spacial score (nSPS) is 10.6. The lowest BCUT2D eigenvalue weighted by Gasteiger charge is -2.10. The number of methoxy groups -OCH3 is 2. The third-order valence-electron chi connectivity index (χ3n) is 4.65. The average molecular weight is 385 g/mol. The van der Waals surface area contributed by atoms with Crippen LogP contribution in [-0.2, 0) is 7.05 Å². The van der Waals surface area contributed by atoms with Gasteiger partial charge in [0.05, 0.1) is 14.2 Å². The first kappa shape index (κ1) is 18.6. The van der Waals surface area contributed by atoms with Gasteiger partial charge in [-0.1, -0.05) is 0 Å². The highest BCUT2D eigenvalue weighted by Crippen LogP contribution is 2.31. The lowest BCUT2D eigenvalue weighted by molar-refractivity contribution is -0.671. The maximum Gasteiger partial charge on any atom is 0.182 e. The molecule has 29 heavy (non-hydrogen) atoms. The van der Waals surface area contributed by atoms with Gasteiger partial charge >= 0.3 is 0 Å². The van der Waals surface area contributed by atoms with Crippen molar-refractivity contribution >= 4 is 0 Å². The van der Waals surface area contributed by atoms with Crippen LogP contribution < -0.4 is 14.0 Å². The van der Waals surface area contributed by atoms with Gasteiger partial charge in [0.1, 0.15) is 29.9 Å². The van der Waals surface area contributed by atoms with Gasteiger partial charge in [-0.05, 0) is 48.5 Å². The molecular weight excluding hydrogens is 364 g/mol. The maximum atomic E-state index is 5.29. The van der Waals surface area contributed by atoms with E-state index < -0.39 is 0 Å². The molecular formula is C23H21N4O2+. The van der Waals surface area contributed by atoms with E-state index in [1.807, 2.05) is 84.7 Å². The Morgan fingerprint density at radius 3 is 1.66 bits per heavy atom. The first-order chi connectivity index (χ1) is 14.2. The highest BCUT2D eigenvalue weighted by molar-refractivity contribution is 5.79. The third kappa shape index (κ3) is 3.91. The SMILES string of the molecule is COc1ccc(-c2nnc(-c3cc[n+](C)cc3)nc2-c2ccc(OC)cc2)cc1. The van der Waals surface area contributed by atoms with Crippen LogP contribution in [0.25, 0.3) is 33.9 Å². The topological polar surface area (TPSA) is 61.0 Å². The van der Waals surface area contributed by atoms with E-state index >= 15 is 0 Å². The summed E-state index contributed by atoms with van der Waals surface area (Å²) in [6.45, 7) is 0. The molecule has 0 saturated carbocycles. The molecule has 144 valence electrons. The fourth-order valence-electron chi connectivity index (χ4n) is 2.99. The molecule has 2 aromatic heterocycles. The molecule has 2 heterocycles. The van der Waals surface area contributed by atoms with Crippen LogP contribution in [0.5, 0.6) is 11.5 Å². The molecule has 0 aliphatic heterocycles. The van der Waals surface area contributed by atoms with Crippen molar-refractivity contribution in [2.45, 2.75) is 0 Å². The average Bonchev–Trinajstić information content (AvgIpc) is 2.79. The molecule has 0 atom stereocenters. The second-order valence-electron chi connectivity index (χ2n) is 6.54. The number of aryl methyl sites for hydroxylation is 1. The molecule has 2 aromatic carbocycles. The van der Waals surface area contributed by atoms with Gasteiger partial charge in [-0.3, -0.25) is 0 Å². The second kappa shape index (κ2) is 8.06. The maximum absolute atomic E-state index is 5.29. The van der Waals surface area contributed by atoms with Gasteiger partial charge in [0.15, 0.2) is 18.2 Å². The van der Waals surface area contributed by atoms with Gasteiger partial charge in [-0.25, -0.2) is 9.55 Å². The quantitative estimate of drug-likeness (QED) is 0.490. The second-order valence-corrected chi connectivity index (χ2v) is 6.54. The van der Waals surface area contributed by atoms with E-state index in [1.165, 1.54) is 0 Å². The fourth-order valence-corrected chi connectivity index (χ4v) is 2.99. The van der Waals surface area contributed by atoms with Gasteiger partial charge in [0, 0.05) is 28.8 Å². The minimum Gasteiger partial charge on any atom is -0.497 e. The molecule has 0 saturated heterocycles. The molecule has 0 bridgehead atoms. The van der Waals surface area contributed by atoms with E-state index in [9.17, 15) is 0 Å². The number of nitrogens with zero attached hydrogens (tertiary/aromatic N) is 4. The lowest BCUT2D eigenvalue weighted by Crippen LogP contribution is -2.25. The molecule has 4 rings (SSSR count). The zero-order valence-corrected chi connectivity index (χ0v) is 16.5. The summed E-state index contributed by atoms with van der Waals surface area (Å²) in [4.78, 5) is 4.86. The van der Waals surface area contributed by atoms with Crippen LogP contribution in [0.4, 0.5) is 0 Å². The first-order valence-electron chi connectivity index (χ1n) is 9.17. The molecule has 0 N–H and O–H groups in total. The molecule has 0 fully saturated rings. The van der Waals surface area contributed by atoms with Crippen molar-refractivity contribution < 1.29 is 14.0 Å². The minimum absolute atomic E-state index is 0.577. The molecule has 0 aliphatic rings. The predicted molar refractivity (Wildman–Crippen MR) is 110 cm³/mol. The summed E-state index contributed by atoms with van der Waals surface area (Å²) in [5.41, 5.74) is 4.24. The highest BCUT2D eigenvalue weighted by atomic mass is 16.5. The fraction of sp³-hybridized carbons (Fsp3) is 0.130. The van der Waals surface area contributed by atoms with E-state index in [2.05, 4.69) is 10.2 Å². The molecule has 6 heteroatoms. The zero-order valence-electron chi connectivity index (χ0n) is 16.5. The van der Waals surface area contributed by atoms with Crippen molar-refractivity contribution in [2.24, 2.45) is 7.05 Å². The third-order valence-corrected chi connectivity index (χ3v) is 4.65. The molecule has 6 nitrogen and oxygen atoms in total. The number of hydrogen-bond donors (Lipinski definition) is 0. The molecule has 0 unspecified atom stereocenters. The van der Waals surface area contributed by atoms with Crippen molar-refractivity contribution in [3.63, 3.8) is 0 Å². The van der Waals surface area contributed by atoms with Crippen LogP contribution >= 0.6 is 0 Å². The monoisotopic (exact) mass is 385 g/mol. The summed E-state index contributed by atoms with van der Waals surface area (Å²) >= 11 is 0. The lowest BCUT2D eigenvalue weighted by atomic mass is 10.0. The summed E-state index contributed by atoms with van der Waals surface area (Å²) in [5, 5.41) is 8.92. The largest absolute Gasteiger partial charge is 0.497 e. The molecule has 0 aliphatic carbocycles. The Kier molecular flexibility index (Phi) is 5.16. The van der Waals surface area contributed by atoms with E-state index in [-0.39, 0.29) is 0 Å². The zero-order chi connectivity index (χ0) is 20.2. The van der Waals surface area contributed by atoms with E-state index in [0.29, 0.717) is 11.5 Å². The Morgan fingerprint density at radius 1 is 0.621 bits per heavy atom. The van der Waals surface area contributed by atoms with Crippen LogP contribution in [0.2, 0.25) is 0 Å². The number of benzene rings is 2. The Morgan fingerprint density at radius 2 is 1.14 bits per heavy atom. The van der Waals surface area contributed by atoms with Crippen molar-refractivity contribution in [3.05, 3.63) is 73.1 Å². The smallest absolute Gasteiger partial charge is 0.182 e. The Labute approximate surface area is 169 Å². The Hall–Kier alpha value is -3.80. The van der Waals surface area contributed by atoms with Crippen LogP contribution in [0.1, 0.15) is 0 Å². The summed E-state index contributed by atoms with van der Waals surface area (Å²) in [6, 6.07) is 19.5. The standard InChI is InChI=1S/C23H21N4O2/c1-27-14-12-18(13-15-27)23-24-21(16-4-8-19(28-2)9-5-16)22(25-26-23)17-6-10-20(29-3)11-7-17/h4-15H,1-3H3/q+1. The van der Waals surface area contributed by atoms with Gasteiger partial charge in [-0.2, -0.15) is 0 Å². The summed E-state index contributed by atoms with van der Waals surface area (Å²) < 4.78 is 12.5. The van der Waals surface area contributed by atoms with Gasteiger partial charge in [0.2, 0.25) is 0 Å². The summed E-state index contributed by atoms with van der Waals surface area (Å²) in [7, 11) is 5.27. The van der Waals surface area contributed by atoms with Crippen LogP contribution in [0.15, 0.2) is 73.1 Å². The number of ether oxygens (including phenoxy) is 2.